The smallest absolute Gasteiger partial charge is 0.411 e. The molecule has 2 aliphatic rings. The van der Waals surface area contributed by atoms with E-state index >= 15 is 0 Å². The Morgan fingerprint density at radius 3 is 1.70 bits per heavy atom. The number of aromatic nitrogens is 4. The third-order valence-electron chi connectivity index (χ3n) is 8.39. The summed E-state index contributed by atoms with van der Waals surface area (Å²) in [5, 5.41) is 10.7. The summed E-state index contributed by atoms with van der Waals surface area (Å²) in [6.45, 7) is 12.2. The number of nitrogens with one attached hydrogen (secondary N) is 2. The van der Waals surface area contributed by atoms with E-state index in [4.69, 9.17) is 9.47 Å². The summed E-state index contributed by atoms with van der Waals surface area (Å²) < 4.78 is 11.2. The molecule has 6 rings (SSSR count). The second-order valence-electron chi connectivity index (χ2n) is 14.3. The average molecular weight is 641 g/mol. The Morgan fingerprint density at radius 2 is 1.17 bits per heavy atom. The van der Waals surface area contributed by atoms with Crippen LogP contribution in [0, 0.1) is 0 Å². The number of rotatable bonds is 5. The summed E-state index contributed by atoms with van der Waals surface area (Å²) in [4.78, 5) is 44.8. The van der Waals surface area contributed by atoms with Gasteiger partial charge in [0.2, 0.25) is 0 Å². The molecule has 2 aliphatic heterocycles. The highest BCUT2D eigenvalue weighted by molar-refractivity contribution is 5.72. The van der Waals surface area contributed by atoms with Crippen molar-refractivity contribution in [3.05, 3.63) is 72.6 Å². The molecule has 4 heterocycles. The zero-order valence-electron chi connectivity index (χ0n) is 27.9. The van der Waals surface area contributed by atoms with Crippen molar-refractivity contribution in [1.29, 1.82) is 0 Å². The molecular formula is C36H44N6O5. The number of nitrogens with zero attached hydrogens (tertiary/aromatic N) is 4. The standard InChI is InChI=1S/C36H44N6O5/c1-35(2,3)46-33(44)41-18-7-8-28(41)31-37-20-26(39-31)24-13-9-22(10-14-24)23-11-15-25(16-12-23)27-21-38-32(40-27)30-29(43)17-19-42(30)34(45)47-36(4,5)6/h9-16,20-21,28-30,43H,7-8,17-19H2,1-6H3,(H,37,39)(H,38,40)/t28?,29-,30-/m0/s1. The van der Waals surface area contributed by atoms with Crippen molar-refractivity contribution < 1.29 is 24.2 Å². The van der Waals surface area contributed by atoms with Crippen LogP contribution in [-0.4, -0.2) is 77.4 Å². The van der Waals surface area contributed by atoms with Gasteiger partial charge in [-0.2, -0.15) is 0 Å². The number of aromatic amines is 2. The van der Waals surface area contributed by atoms with Crippen LogP contribution in [0.1, 0.15) is 84.5 Å². The lowest BCUT2D eigenvalue weighted by atomic mass is 10.0. The van der Waals surface area contributed by atoms with Gasteiger partial charge >= 0.3 is 12.2 Å². The molecule has 0 radical (unpaired) electrons. The average Bonchev–Trinajstić information content (AvgIpc) is 3.82. The van der Waals surface area contributed by atoms with Crippen molar-refractivity contribution in [3.8, 4) is 33.6 Å². The zero-order valence-corrected chi connectivity index (χ0v) is 27.9. The van der Waals surface area contributed by atoms with E-state index in [9.17, 15) is 14.7 Å². The summed E-state index contributed by atoms with van der Waals surface area (Å²) in [7, 11) is 0. The van der Waals surface area contributed by atoms with Gasteiger partial charge in [-0.25, -0.2) is 19.6 Å². The minimum Gasteiger partial charge on any atom is -0.444 e. The van der Waals surface area contributed by atoms with Crippen LogP contribution in [0.2, 0.25) is 0 Å². The van der Waals surface area contributed by atoms with Crippen molar-refractivity contribution in [3.63, 3.8) is 0 Å². The third kappa shape index (κ3) is 7.20. The SMILES string of the molecule is CC(C)(C)OC(=O)N1CCCC1c1ncc(-c2ccc(-c3ccc(-c4cnc([C@@H]5[C@@H](O)CCN5C(=O)OC(C)(C)C)[nH]4)cc3)cc2)[nH]1. The van der Waals surface area contributed by atoms with E-state index in [1.807, 2.05) is 59.9 Å². The van der Waals surface area contributed by atoms with Crippen molar-refractivity contribution in [2.75, 3.05) is 13.1 Å². The minimum absolute atomic E-state index is 0.130. The summed E-state index contributed by atoms with van der Waals surface area (Å²) in [6, 6.07) is 15.7. The predicted molar refractivity (Wildman–Crippen MR) is 178 cm³/mol. The van der Waals surface area contributed by atoms with Crippen molar-refractivity contribution >= 4 is 12.2 Å². The van der Waals surface area contributed by atoms with Crippen LogP contribution in [0.3, 0.4) is 0 Å². The van der Waals surface area contributed by atoms with E-state index < -0.39 is 29.4 Å². The van der Waals surface area contributed by atoms with Gasteiger partial charge in [0.25, 0.3) is 0 Å². The molecular weight excluding hydrogens is 596 g/mol. The number of carbonyl (C=O) groups is 2. The van der Waals surface area contributed by atoms with Crippen LogP contribution in [-0.2, 0) is 9.47 Å². The number of ether oxygens (including phenoxy) is 2. The fourth-order valence-corrected chi connectivity index (χ4v) is 6.19. The first-order valence-electron chi connectivity index (χ1n) is 16.2. The Hall–Kier alpha value is -4.64. The number of likely N-dealkylation sites (tertiary alicyclic amines) is 2. The van der Waals surface area contributed by atoms with Gasteiger partial charge in [0.15, 0.2) is 0 Å². The van der Waals surface area contributed by atoms with Gasteiger partial charge in [-0.15, -0.1) is 0 Å². The normalized spacial score (nSPS) is 20.1. The highest BCUT2D eigenvalue weighted by Crippen LogP contribution is 2.35. The molecule has 3 atom stereocenters. The molecule has 3 N–H and O–H groups in total. The number of amides is 2. The molecule has 0 bridgehead atoms. The van der Waals surface area contributed by atoms with Gasteiger partial charge in [0, 0.05) is 13.1 Å². The lowest BCUT2D eigenvalue weighted by Gasteiger charge is -2.28. The minimum atomic E-state index is -0.727. The van der Waals surface area contributed by atoms with Gasteiger partial charge in [-0.1, -0.05) is 48.5 Å². The van der Waals surface area contributed by atoms with Crippen LogP contribution >= 0.6 is 0 Å². The Balaban J connectivity index is 1.12. The number of aliphatic hydroxyl groups is 1. The lowest BCUT2D eigenvalue weighted by molar-refractivity contribution is 0.0141. The molecule has 0 aliphatic carbocycles. The molecule has 1 unspecified atom stereocenters. The van der Waals surface area contributed by atoms with Crippen LogP contribution in [0.5, 0.6) is 0 Å². The molecule has 11 heteroatoms. The van der Waals surface area contributed by atoms with Gasteiger partial charge in [-0.05, 0) is 83.1 Å². The molecule has 2 saturated heterocycles. The molecule has 0 saturated carbocycles. The zero-order chi connectivity index (χ0) is 33.5. The molecule has 2 amide bonds. The number of benzene rings is 2. The molecule has 2 fully saturated rings. The van der Waals surface area contributed by atoms with Gasteiger partial charge in [-0.3, -0.25) is 9.80 Å². The van der Waals surface area contributed by atoms with Crippen molar-refractivity contribution in [1.82, 2.24) is 29.7 Å². The highest BCUT2D eigenvalue weighted by Gasteiger charge is 2.41. The van der Waals surface area contributed by atoms with Gasteiger partial charge < -0.3 is 24.5 Å². The Labute approximate surface area is 275 Å². The number of H-pyrrole nitrogens is 2. The largest absolute Gasteiger partial charge is 0.444 e. The maximum Gasteiger partial charge on any atom is 0.411 e. The van der Waals surface area contributed by atoms with Crippen LogP contribution in [0.15, 0.2) is 60.9 Å². The quantitative estimate of drug-likeness (QED) is 0.209. The Morgan fingerprint density at radius 1 is 0.702 bits per heavy atom. The van der Waals surface area contributed by atoms with E-state index in [-0.39, 0.29) is 12.1 Å². The Bertz CT molecular complexity index is 1710. The summed E-state index contributed by atoms with van der Waals surface area (Å²) >= 11 is 0. The maximum absolute atomic E-state index is 12.8. The van der Waals surface area contributed by atoms with E-state index in [1.165, 1.54) is 0 Å². The van der Waals surface area contributed by atoms with E-state index in [0.717, 1.165) is 52.3 Å². The maximum atomic E-state index is 12.8. The molecule has 2 aromatic heterocycles. The number of imidazole rings is 2. The molecule has 0 spiro atoms. The highest BCUT2D eigenvalue weighted by atomic mass is 16.6. The predicted octanol–water partition coefficient (Wildman–Crippen LogP) is 7.25. The molecule has 248 valence electrons. The first kappa shape index (κ1) is 32.3. The first-order valence-corrected chi connectivity index (χ1v) is 16.2. The molecule has 2 aromatic carbocycles. The van der Waals surface area contributed by atoms with E-state index in [1.54, 1.807) is 16.0 Å². The Kier molecular flexibility index (Phi) is 8.61. The number of hydrogen-bond donors (Lipinski definition) is 3. The topological polar surface area (TPSA) is 137 Å². The molecule has 4 aromatic rings. The van der Waals surface area contributed by atoms with Gasteiger partial charge in [0.05, 0.1) is 35.9 Å². The first-order chi connectivity index (χ1) is 22.3. The monoisotopic (exact) mass is 640 g/mol. The fraction of sp³-hybridized carbons (Fsp3) is 0.444. The van der Waals surface area contributed by atoms with Crippen molar-refractivity contribution in [2.45, 2.75) is 90.2 Å². The van der Waals surface area contributed by atoms with Crippen LogP contribution in [0.4, 0.5) is 9.59 Å². The second-order valence-corrected chi connectivity index (χ2v) is 14.3. The van der Waals surface area contributed by atoms with Crippen LogP contribution in [0.25, 0.3) is 33.6 Å². The molecule has 47 heavy (non-hydrogen) atoms. The second kappa shape index (κ2) is 12.5. The van der Waals surface area contributed by atoms with E-state index in [0.29, 0.717) is 25.3 Å². The lowest BCUT2D eigenvalue weighted by Crippen LogP contribution is -2.38. The van der Waals surface area contributed by atoms with Crippen LogP contribution < -0.4 is 0 Å². The summed E-state index contributed by atoms with van der Waals surface area (Å²) in [6.07, 6.45) is 4.27. The molecule has 11 nitrogen and oxygen atoms in total. The van der Waals surface area contributed by atoms with Gasteiger partial charge in [0.1, 0.15) is 28.9 Å². The summed E-state index contributed by atoms with van der Waals surface area (Å²) in [5.74, 6) is 1.30. The number of carbonyl (C=O) groups excluding carboxylic acids is 2. The van der Waals surface area contributed by atoms with E-state index in [2.05, 4.69) is 56.3 Å². The summed E-state index contributed by atoms with van der Waals surface area (Å²) in [5.41, 5.74) is 4.60. The van der Waals surface area contributed by atoms with Crippen molar-refractivity contribution in [2.24, 2.45) is 0 Å². The number of aliphatic hydroxyl groups excluding tert-OH is 1. The number of hydrogen-bond acceptors (Lipinski definition) is 7. The third-order valence-corrected chi connectivity index (χ3v) is 8.39. The fourth-order valence-electron chi connectivity index (χ4n) is 6.19.